The van der Waals surface area contributed by atoms with E-state index in [2.05, 4.69) is 15.3 Å². The van der Waals surface area contributed by atoms with Crippen molar-refractivity contribution in [2.45, 2.75) is 32.1 Å². The van der Waals surface area contributed by atoms with Crippen molar-refractivity contribution in [3.8, 4) is 0 Å². The summed E-state index contributed by atoms with van der Waals surface area (Å²) in [6.07, 6.45) is 3.44. The van der Waals surface area contributed by atoms with E-state index in [1.54, 1.807) is 23.1 Å². The number of likely N-dealkylation sites (tertiary alicyclic amines) is 1. The summed E-state index contributed by atoms with van der Waals surface area (Å²) in [5.41, 5.74) is 0.489. The van der Waals surface area contributed by atoms with Crippen LogP contribution >= 0.6 is 0 Å². The number of aryl methyl sites for hydroxylation is 1. The molecule has 0 bridgehead atoms. The van der Waals surface area contributed by atoms with Gasteiger partial charge in [0.15, 0.2) is 0 Å². The quantitative estimate of drug-likeness (QED) is 0.818. The molecule has 7 heteroatoms. The molecule has 1 aliphatic heterocycles. The molecule has 2 aromatic rings. The molecule has 0 unspecified atom stereocenters. The van der Waals surface area contributed by atoms with E-state index in [-0.39, 0.29) is 23.9 Å². The maximum atomic E-state index is 12.0. The first-order chi connectivity index (χ1) is 12.1. The van der Waals surface area contributed by atoms with Gasteiger partial charge in [-0.15, -0.1) is 0 Å². The summed E-state index contributed by atoms with van der Waals surface area (Å²) in [7, 11) is 0. The van der Waals surface area contributed by atoms with Crippen molar-refractivity contribution in [2.75, 3.05) is 19.6 Å². The minimum atomic E-state index is -0.165. The second-order valence-corrected chi connectivity index (χ2v) is 6.25. The number of hydrogen-bond donors (Lipinski definition) is 2. The molecular weight excluding hydrogens is 320 g/mol. The molecule has 2 N–H and O–H groups in total. The van der Waals surface area contributed by atoms with Crippen LogP contribution in [-0.2, 0) is 16.0 Å². The number of H-pyrrole nitrogens is 1. The predicted molar refractivity (Wildman–Crippen MR) is 94.1 cm³/mol. The lowest BCUT2D eigenvalue weighted by molar-refractivity contribution is -0.132. The molecule has 1 aromatic carbocycles. The van der Waals surface area contributed by atoms with Gasteiger partial charge in [-0.3, -0.25) is 14.4 Å². The van der Waals surface area contributed by atoms with Crippen molar-refractivity contribution in [1.29, 1.82) is 0 Å². The number of fused-ring (bicyclic) bond motifs is 1. The number of amides is 2. The van der Waals surface area contributed by atoms with Crippen LogP contribution in [0.5, 0.6) is 0 Å². The zero-order valence-corrected chi connectivity index (χ0v) is 14.1. The van der Waals surface area contributed by atoms with Crippen LogP contribution in [0.25, 0.3) is 10.9 Å². The van der Waals surface area contributed by atoms with E-state index < -0.39 is 0 Å². The molecule has 25 heavy (non-hydrogen) atoms. The lowest BCUT2D eigenvalue weighted by atomic mass is 10.2. The molecular formula is C18H22N4O3. The topological polar surface area (TPSA) is 95.2 Å². The van der Waals surface area contributed by atoms with Gasteiger partial charge in [0, 0.05) is 25.9 Å². The van der Waals surface area contributed by atoms with Gasteiger partial charge in [-0.05, 0) is 31.4 Å². The monoisotopic (exact) mass is 342 g/mol. The minimum absolute atomic E-state index is 0.0219. The Morgan fingerprint density at radius 2 is 1.96 bits per heavy atom. The molecule has 0 radical (unpaired) electrons. The number of nitrogens with one attached hydrogen (secondary N) is 2. The summed E-state index contributed by atoms with van der Waals surface area (Å²) in [4.78, 5) is 44.7. The van der Waals surface area contributed by atoms with Crippen LogP contribution in [0.1, 0.15) is 31.5 Å². The Morgan fingerprint density at radius 1 is 1.20 bits per heavy atom. The van der Waals surface area contributed by atoms with Crippen molar-refractivity contribution < 1.29 is 9.59 Å². The SMILES string of the molecule is O=C(CCCc1nc2ccccc2c(=O)[nH]1)NCC(=O)N1CCCC1. The zero-order valence-electron chi connectivity index (χ0n) is 14.1. The molecule has 132 valence electrons. The fraction of sp³-hybridized carbons (Fsp3) is 0.444. The Balaban J connectivity index is 1.45. The van der Waals surface area contributed by atoms with Gasteiger partial charge in [-0.2, -0.15) is 0 Å². The van der Waals surface area contributed by atoms with Gasteiger partial charge in [-0.25, -0.2) is 4.98 Å². The number of aromatic amines is 1. The fourth-order valence-corrected chi connectivity index (χ4v) is 3.01. The number of carbonyl (C=O) groups is 2. The van der Waals surface area contributed by atoms with E-state index >= 15 is 0 Å². The van der Waals surface area contributed by atoms with E-state index in [1.807, 2.05) is 6.07 Å². The highest BCUT2D eigenvalue weighted by molar-refractivity contribution is 5.84. The van der Waals surface area contributed by atoms with Crippen LogP contribution in [0.15, 0.2) is 29.1 Å². The molecule has 1 aromatic heterocycles. The highest BCUT2D eigenvalue weighted by Crippen LogP contribution is 2.08. The second-order valence-electron chi connectivity index (χ2n) is 6.25. The highest BCUT2D eigenvalue weighted by atomic mass is 16.2. The number of para-hydroxylation sites is 1. The number of hydrogen-bond acceptors (Lipinski definition) is 4. The predicted octanol–water partition coefficient (Wildman–Crippen LogP) is 0.984. The van der Waals surface area contributed by atoms with Crippen molar-refractivity contribution in [3.63, 3.8) is 0 Å². The standard InChI is InChI=1S/C18H22N4O3/c23-16(19-12-17(24)22-10-3-4-11-22)9-5-8-15-20-14-7-2-1-6-13(14)18(25)21-15/h1-2,6-7H,3-5,8-12H2,(H,19,23)(H,20,21,25). The summed E-state index contributed by atoms with van der Waals surface area (Å²) < 4.78 is 0. The minimum Gasteiger partial charge on any atom is -0.347 e. The summed E-state index contributed by atoms with van der Waals surface area (Å²) in [6, 6.07) is 7.16. The van der Waals surface area contributed by atoms with E-state index in [1.165, 1.54) is 0 Å². The van der Waals surface area contributed by atoms with Crippen molar-refractivity contribution >= 4 is 22.7 Å². The van der Waals surface area contributed by atoms with Gasteiger partial charge in [0.1, 0.15) is 5.82 Å². The molecule has 0 aliphatic carbocycles. The largest absolute Gasteiger partial charge is 0.347 e. The molecule has 7 nitrogen and oxygen atoms in total. The molecule has 1 fully saturated rings. The van der Waals surface area contributed by atoms with Crippen LogP contribution in [-0.4, -0.2) is 46.3 Å². The molecule has 0 saturated carbocycles. The van der Waals surface area contributed by atoms with Gasteiger partial charge in [0.25, 0.3) is 5.56 Å². The lowest BCUT2D eigenvalue weighted by Crippen LogP contribution is -2.38. The maximum absolute atomic E-state index is 12.0. The van der Waals surface area contributed by atoms with Crippen LogP contribution in [0.2, 0.25) is 0 Å². The van der Waals surface area contributed by atoms with E-state index in [9.17, 15) is 14.4 Å². The fourth-order valence-electron chi connectivity index (χ4n) is 3.01. The molecule has 0 atom stereocenters. The molecule has 1 aliphatic rings. The van der Waals surface area contributed by atoms with Crippen LogP contribution in [0, 0.1) is 0 Å². The number of benzene rings is 1. The van der Waals surface area contributed by atoms with Crippen LogP contribution in [0.4, 0.5) is 0 Å². The third-order valence-corrected chi connectivity index (χ3v) is 4.37. The van der Waals surface area contributed by atoms with E-state index in [4.69, 9.17) is 0 Å². The second kappa shape index (κ2) is 7.92. The molecule has 3 rings (SSSR count). The summed E-state index contributed by atoms with van der Waals surface area (Å²) >= 11 is 0. The normalized spacial score (nSPS) is 14.0. The third-order valence-electron chi connectivity index (χ3n) is 4.37. The van der Waals surface area contributed by atoms with Gasteiger partial charge in [-0.1, -0.05) is 12.1 Å². The molecule has 0 spiro atoms. The summed E-state index contributed by atoms with van der Waals surface area (Å²) in [5.74, 6) is 0.395. The highest BCUT2D eigenvalue weighted by Gasteiger charge is 2.18. The van der Waals surface area contributed by atoms with Crippen molar-refractivity contribution in [2.24, 2.45) is 0 Å². The Hall–Kier alpha value is -2.70. The Morgan fingerprint density at radius 3 is 2.76 bits per heavy atom. The van der Waals surface area contributed by atoms with E-state index in [0.29, 0.717) is 36.0 Å². The third kappa shape index (κ3) is 4.43. The van der Waals surface area contributed by atoms with Gasteiger partial charge in [0.2, 0.25) is 11.8 Å². The maximum Gasteiger partial charge on any atom is 0.258 e. The van der Waals surface area contributed by atoms with E-state index in [0.717, 1.165) is 25.9 Å². The average molecular weight is 342 g/mol. The molecule has 2 amide bonds. The smallest absolute Gasteiger partial charge is 0.258 e. The van der Waals surface area contributed by atoms with Crippen molar-refractivity contribution in [3.05, 3.63) is 40.4 Å². The Bertz CT molecular complexity index is 824. The molecule has 1 saturated heterocycles. The number of nitrogens with zero attached hydrogens (tertiary/aromatic N) is 2. The van der Waals surface area contributed by atoms with Gasteiger partial charge in [0.05, 0.1) is 17.4 Å². The average Bonchev–Trinajstić information content (AvgIpc) is 3.14. The number of carbonyl (C=O) groups excluding carboxylic acids is 2. The first-order valence-corrected chi connectivity index (χ1v) is 8.66. The van der Waals surface area contributed by atoms with Crippen LogP contribution in [0.3, 0.4) is 0 Å². The number of rotatable bonds is 6. The number of aromatic nitrogens is 2. The first-order valence-electron chi connectivity index (χ1n) is 8.66. The summed E-state index contributed by atoms with van der Waals surface area (Å²) in [5, 5.41) is 3.22. The van der Waals surface area contributed by atoms with Crippen LogP contribution < -0.4 is 10.9 Å². The molecule has 2 heterocycles. The summed E-state index contributed by atoms with van der Waals surface area (Å²) in [6.45, 7) is 1.63. The zero-order chi connectivity index (χ0) is 17.6. The van der Waals surface area contributed by atoms with Crippen molar-refractivity contribution in [1.82, 2.24) is 20.2 Å². The van der Waals surface area contributed by atoms with Gasteiger partial charge >= 0.3 is 0 Å². The Labute approximate surface area is 145 Å². The first kappa shape index (κ1) is 17.1. The van der Waals surface area contributed by atoms with Gasteiger partial charge < -0.3 is 15.2 Å². The Kier molecular flexibility index (Phi) is 5.42. The lowest BCUT2D eigenvalue weighted by Gasteiger charge is -2.15.